The standard InChI is InChI=1S/C77H138O6/c1-4-7-10-13-16-19-22-25-28-29-30-31-32-33-34-35-36-37-38-39-40-41-42-43-44-45-46-47-50-52-55-58-61-64-67-70-76(79)82-73-74(83-77(80)71-68-65-62-59-56-53-49-27-24-21-18-15-12-9-6-3)72-81-75(78)69-66-63-60-57-54-51-48-26-23-20-17-14-11-8-5-2/h9,12,18,21,26-27,29-30,48-49,56,59,74H,4-8,10-11,13-17,19-20,22-25,28,31-47,50-55,57-58,60-73H2,1-3H3/b12-9-,21-18-,30-29-,48-26-,49-27-,59-56-. The molecule has 0 aromatic rings. The average molecular weight is 1160 g/mol. The van der Waals surface area contributed by atoms with Crippen LogP contribution in [0.1, 0.15) is 380 Å². The van der Waals surface area contributed by atoms with Crippen LogP contribution in [0.4, 0.5) is 0 Å². The molecule has 0 spiro atoms. The molecule has 0 fully saturated rings. The third-order valence-corrected chi connectivity index (χ3v) is 16.2. The van der Waals surface area contributed by atoms with E-state index in [1.54, 1.807) is 0 Å². The highest BCUT2D eigenvalue weighted by Gasteiger charge is 2.19. The van der Waals surface area contributed by atoms with Crippen LogP contribution < -0.4 is 0 Å². The molecule has 0 saturated carbocycles. The van der Waals surface area contributed by atoms with Crippen molar-refractivity contribution in [1.82, 2.24) is 0 Å². The highest BCUT2D eigenvalue weighted by molar-refractivity contribution is 5.71. The van der Waals surface area contributed by atoms with Gasteiger partial charge in [0.2, 0.25) is 0 Å². The van der Waals surface area contributed by atoms with Gasteiger partial charge < -0.3 is 14.2 Å². The summed E-state index contributed by atoms with van der Waals surface area (Å²) in [4.78, 5) is 38.3. The average Bonchev–Trinajstić information content (AvgIpc) is 3.50. The van der Waals surface area contributed by atoms with Gasteiger partial charge in [-0.1, -0.05) is 325 Å². The van der Waals surface area contributed by atoms with E-state index in [0.29, 0.717) is 19.3 Å². The largest absolute Gasteiger partial charge is 0.462 e. The van der Waals surface area contributed by atoms with Crippen LogP contribution >= 0.6 is 0 Å². The molecule has 0 aromatic heterocycles. The third kappa shape index (κ3) is 69.5. The maximum atomic E-state index is 12.9. The minimum absolute atomic E-state index is 0.0915. The van der Waals surface area contributed by atoms with E-state index in [1.165, 1.54) is 250 Å². The van der Waals surface area contributed by atoms with E-state index in [0.717, 1.165) is 83.5 Å². The summed E-state index contributed by atoms with van der Waals surface area (Å²) in [7, 11) is 0. The monoisotopic (exact) mass is 1160 g/mol. The summed E-state index contributed by atoms with van der Waals surface area (Å²) in [5.41, 5.74) is 0. The van der Waals surface area contributed by atoms with E-state index < -0.39 is 6.10 Å². The lowest BCUT2D eigenvalue weighted by Crippen LogP contribution is -2.30. The minimum Gasteiger partial charge on any atom is -0.462 e. The fourth-order valence-corrected chi connectivity index (χ4v) is 10.7. The molecule has 0 bridgehead atoms. The van der Waals surface area contributed by atoms with Crippen molar-refractivity contribution in [2.24, 2.45) is 0 Å². The number of hydrogen-bond acceptors (Lipinski definition) is 6. The number of carbonyl (C=O) groups excluding carboxylic acids is 3. The minimum atomic E-state index is -0.800. The van der Waals surface area contributed by atoms with Crippen molar-refractivity contribution < 1.29 is 28.6 Å². The fourth-order valence-electron chi connectivity index (χ4n) is 10.7. The molecule has 0 aliphatic carbocycles. The molecule has 0 heterocycles. The van der Waals surface area contributed by atoms with Crippen LogP contribution in [0.25, 0.3) is 0 Å². The molecular weight excluding hydrogens is 1020 g/mol. The van der Waals surface area contributed by atoms with E-state index in [4.69, 9.17) is 14.2 Å². The molecule has 6 nitrogen and oxygen atoms in total. The van der Waals surface area contributed by atoms with Gasteiger partial charge in [-0.3, -0.25) is 14.4 Å². The van der Waals surface area contributed by atoms with Crippen molar-refractivity contribution in [1.29, 1.82) is 0 Å². The Balaban J connectivity index is 4.12. The van der Waals surface area contributed by atoms with Crippen molar-refractivity contribution >= 4 is 17.9 Å². The lowest BCUT2D eigenvalue weighted by atomic mass is 10.0. The molecular formula is C77H138O6. The second-order valence-electron chi connectivity index (χ2n) is 24.5. The Kier molecular flexibility index (Phi) is 68.6. The number of allylic oxidation sites excluding steroid dienone is 12. The van der Waals surface area contributed by atoms with Gasteiger partial charge in [0.25, 0.3) is 0 Å². The van der Waals surface area contributed by atoms with E-state index in [9.17, 15) is 14.4 Å². The molecule has 0 amide bonds. The molecule has 0 aromatic carbocycles. The molecule has 0 aliphatic heterocycles. The van der Waals surface area contributed by atoms with Gasteiger partial charge in [-0.15, -0.1) is 0 Å². The first-order valence-corrected chi connectivity index (χ1v) is 36.4. The first-order valence-electron chi connectivity index (χ1n) is 36.4. The lowest BCUT2D eigenvalue weighted by molar-refractivity contribution is -0.167. The summed E-state index contributed by atoms with van der Waals surface area (Å²) in [5, 5.41) is 0. The van der Waals surface area contributed by atoms with E-state index >= 15 is 0 Å². The number of esters is 3. The van der Waals surface area contributed by atoms with Crippen LogP contribution in [0.3, 0.4) is 0 Å². The predicted molar refractivity (Wildman–Crippen MR) is 362 cm³/mol. The smallest absolute Gasteiger partial charge is 0.306 e. The molecule has 0 saturated heterocycles. The summed E-state index contributed by atoms with van der Waals surface area (Å²) in [5.74, 6) is -0.924. The van der Waals surface area contributed by atoms with Crippen molar-refractivity contribution in [2.45, 2.75) is 386 Å². The highest BCUT2D eigenvalue weighted by atomic mass is 16.6. The summed E-state index contributed by atoms with van der Waals surface area (Å²) < 4.78 is 16.9. The maximum Gasteiger partial charge on any atom is 0.306 e. The van der Waals surface area contributed by atoms with Gasteiger partial charge in [-0.05, 0) is 109 Å². The number of hydrogen-bond donors (Lipinski definition) is 0. The molecule has 6 heteroatoms. The lowest BCUT2D eigenvalue weighted by Gasteiger charge is -2.18. The van der Waals surface area contributed by atoms with Gasteiger partial charge in [0.05, 0.1) is 0 Å². The summed E-state index contributed by atoms with van der Waals surface area (Å²) in [6, 6.07) is 0. The second-order valence-corrected chi connectivity index (χ2v) is 24.5. The highest BCUT2D eigenvalue weighted by Crippen LogP contribution is 2.18. The van der Waals surface area contributed by atoms with Gasteiger partial charge in [0.15, 0.2) is 6.10 Å². The quantitative estimate of drug-likeness (QED) is 0.0261. The number of unbranched alkanes of at least 4 members (excludes halogenated alkanes) is 44. The Bertz CT molecular complexity index is 1520. The van der Waals surface area contributed by atoms with Crippen LogP contribution in [0.15, 0.2) is 72.9 Å². The van der Waals surface area contributed by atoms with Crippen LogP contribution in [0, 0.1) is 0 Å². The van der Waals surface area contributed by atoms with E-state index in [1.807, 2.05) is 0 Å². The van der Waals surface area contributed by atoms with Crippen molar-refractivity contribution in [3.8, 4) is 0 Å². The second kappa shape index (κ2) is 71.3. The zero-order chi connectivity index (χ0) is 59.9. The molecule has 0 N–H and O–H groups in total. The van der Waals surface area contributed by atoms with Crippen LogP contribution in [0.2, 0.25) is 0 Å². The Morgan fingerprint density at radius 1 is 0.253 bits per heavy atom. The Morgan fingerprint density at radius 3 is 0.771 bits per heavy atom. The zero-order valence-electron chi connectivity index (χ0n) is 55.5. The third-order valence-electron chi connectivity index (χ3n) is 16.2. The van der Waals surface area contributed by atoms with E-state index in [-0.39, 0.29) is 37.5 Å². The number of ether oxygens (including phenoxy) is 3. The van der Waals surface area contributed by atoms with Crippen LogP contribution in [-0.4, -0.2) is 37.2 Å². The van der Waals surface area contributed by atoms with Gasteiger partial charge in [0.1, 0.15) is 13.2 Å². The van der Waals surface area contributed by atoms with Crippen LogP contribution in [-0.2, 0) is 28.6 Å². The zero-order valence-corrected chi connectivity index (χ0v) is 55.5. The molecule has 0 radical (unpaired) electrons. The Labute approximate surface area is 516 Å². The van der Waals surface area contributed by atoms with Gasteiger partial charge in [-0.2, -0.15) is 0 Å². The summed E-state index contributed by atoms with van der Waals surface area (Å²) >= 11 is 0. The summed E-state index contributed by atoms with van der Waals surface area (Å²) in [6.45, 7) is 6.53. The van der Waals surface area contributed by atoms with Crippen LogP contribution in [0.5, 0.6) is 0 Å². The molecule has 1 unspecified atom stereocenters. The van der Waals surface area contributed by atoms with Gasteiger partial charge in [0, 0.05) is 19.3 Å². The predicted octanol–water partition coefficient (Wildman–Crippen LogP) is 25.2. The van der Waals surface area contributed by atoms with Crippen molar-refractivity contribution in [3.63, 3.8) is 0 Å². The van der Waals surface area contributed by atoms with Gasteiger partial charge in [-0.25, -0.2) is 0 Å². The Hall–Kier alpha value is -3.15. The number of carbonyl (C=O) groups is 3. The van der Waals surface area contributed by atoms with Crippen molar-refractivity contribution in [3.05, 3.63) is 72.9 Å². The first-order chi connectivity index (χ1) is 41.0. The molecule has 1 atom stereocenters. The molecule has 83 heavy (non-hydrogen) atoms. The molecule has 0 aliphatic rings. The van der Waals surface area contributed by atoms with E-state index in [2.05, 4.69) is 93.7 Å². The Morgan fingerprint density at radius 2 is 0.470 bits per heavy atom. The SMILES string of the molecule is CC/C=C\C/C=C\C/C=C\C/C=C\CCCCC(=O)OC(COC(=O)CCCCCCC/C=C\CCCCCCCC)COC(=O)CCCCCCCCCCCCCCCCCCCCCCCCC/C=C\CCCCCCCCCC. The number of rotatable bonds is 67. The first kappa shape index (κ1) is 79.8. The summed E-state index contributed by atoms with van der Waals surface area (Å²) in [6.07, 6.45) is 94.0. The molecule has 482 valence electrons. The van der Waals surface area contributed by atoms with Crippen molar-refractivity contribution in [2.75, 3.05) is 13.2 Å². The normalized spacial score (nSPS) is 12.5. The van der Waals surface area contributed by atoms with Gasteiger partial charge >= 0.3 is 17.9 Å². The fraction of sp³-hybridized carbons (Fsp3) is 0.805. The topological polar surface area (TPSA) is 78.9 Å². The molecule has 0 rings (SSSR count). The maximum absolute atomic E-state index is 12.9.